The van der Waals surface area contributed by atoms with Crippen molar-refractivity contribution in [3.8, 4) is 11.1 Å². The molecule has 3 aromatic rings. The molecule has 0 radical (unpaired) electrons. The first-order valence-electron chi connectivity index (χ1n) is 7.11. The Balaban J connectivity index is 1.77. The van der Waals surface area contributed by atoms with Gasteiger partial charge in [0.2, 0.25) is 0 Å². The van der Waals surface area contributed by atoms with E-state index in [0.29, 0.717) is 5.82 Å². The van der Waals surface area contributed by atoms with E-state index in [1.807, 2.05) is 60.7 Å². The van der Waals surface area contributed by atoms with Crippen LogP contribution in [-0.4, -0.2) is 21.9 Å². The van der Waals surface area contributed by atoms with Gasteiger partial charge in [-0.25, -0.2) is 4.99 Å². The molecule has 1 aliphatic heterocycles. The molecular formula is C18H13N3O. The molecule has 4 heteroatoms. The van der Waals surface area contributed by atoms with Gasteiger partial charge in [0.25, 0.3) is 5.91 Å². The maximum Gasteiger partial charge on any atom is 0.261 e. The zero-order valence-corrected chi connectivity index (χ0v) is 11.8. The van der Waals surface area contributed by atoms with Crippen LogP contribution in [0.2, 0.25) is 0 Å². The molecule has 0 saturated heterocycles. The molecule has 2 heterocycles. The Kier molecular flexibility index (Phi) is 2.93. The molecule has 22 heavy (non-hydrogen) atoms. The van der Waals surface area contributed by atoms with E-state index in [2.05, 4.69) is 10.1 Å². The maximum absolute atomic E-state index is 12.7. The molecule has 0 aliphatic carbocycles. The second-order valence-corrected chi connectivity index (χ2v) is 5.16. The van der Waals surface area contributed by atoms with E-state index in [-0.39, 0.29) is 11.8 Å². The summed E-state index contributed by atoms with van der Waals surface area (Å²) in [5, 5.41) is 4.24. The third-order valence-electron chi connectivity index (χ3n) is 3.81. The van der Waals surface area contributed by atoms with Gasteiger partial charge in [-0.2, -0.15) is 9.78 Å². The first-order valence-corrected chi connectivity index (χ1v) is 7.11. The quantitative estimate of drug-likeness (QED) is 0.721. The fraction of sp³-hybridized carbons (Fsp3) is 0.0556. The van der Waals surface area contributed by atoms with E-state index >= 15 is 0 Å². The van der Waals surface area contributed by atoms with Gasteiger partial charge in [-0.15, -0.1) is 0 Å². The van der Waals surface area contributed by atoms with Crippen molar-refractivity contribution in [3.05, 3.63) is 72.4 Å². The number of benzene rings is 2. The number of aliphatic imine (C=N–C) groups is 1. The van der Waals surface area contributed by atoms with Crippen molar-refractivity contribution in [2.45, 2.75) is 5.92 Å². The number of carbonyl (C=O) groups is 1. The summed E-state index contributed by atoms with van der Waals surface area (Å²) in [5.41, 5.74) is 2.81. The molecule has 0 bridgehead atoms. The summed E-state index contributed by atoms with van der Waals surface area (Å²) in [6.45, 7) is 0. The van der Waals surface area contributed by atoms with Crippen molar-refractivity contribution in [3.63, 3.8) is 0 Å². The molecule has 0 saturated carbocycles. The van der Waals surface area contributed by atoms with Crippen LogP contribution in [0.3, 0.4) is 0 Å². The van der Waals surface area contributed by atoms with E-state index in [9.17, 15) is 4.79 Å². The fourth-order valence-corrected chi connectivity index (χ4v) is 2.68. The molecule has 4 rings (SSSR count). The van der Waals surface area contributed by atoms with Crippen LogP contribution in [0.4, 0.5) is 5.82 Å². The van der Waals surface area contributed by atoms with Gasteiger partial charge >= 0.3 is 0 Å². The third-order valence-corrected chi connectivity index (χ3v) is 3.81. The molecular weight excluding hydrogens is 274 g/mol. The number of carbonyl (C=O) groups excluding carboxylic acids is 1. The van der Waals surface area contributed by atoms with E-state index < -0.39 is 0 Å². The van der Waals surface area contributed by atoms with E-state index in [1.54, 1.807) is 12.4 Å². The third kappa shape index (κ3) is 1.97. The first kappa shape index (κ1) is 12.7. The van der Waals surface area contributed by atoms with Crippen LogP contribution >= 0.6 is 0 Å². The predicted octanol–water partition coefficient (Wildman–Crippen LogP) is 3.69. The lowest BCUT2D eigenvalue weighted by atomic mass is 9.98. The number of aromatic nitrogens is 2. The lowest BCUT2D eigenvalue weighted by Gasteiger charge is -2.16. The molecule has 2 aromatic carbocycles. The van der Waals surface area contributed by atoms with E-state index in [4.69, 9.17) is 0 Å². The average Bonchev–Trinajstić information content (AvgIpc) is 3.02. The van der Waals surface area contributed by atoms with Gasteiger partial charge < -0.3 is 0 Å². The van der Waals surface area contributed by atoms with Crippen molar-refractivity contribution < 1.29 is 4.79 Å². The molecule has 1 unspecified atom stereocenters. The highest BCUT2D eigenvalue weighted by Gasteiger charge is 2.28. The number of fused-ring (bicyclic) bond motifs is 1. The van der Waals surface area contributed by atoms with Gasteiger partial charge in [0, 0.05) is 11.8 Å². The summed E-state index contributed by atoms with van der Waals surface area (Å²) in [6.07, 6.45) is 3.41. The van der Waals surface area contributed by atoms with Crippen molar-refractivity contribution >= 4 is 17.9 Å². The summed E-state index contributed by atoms with van der Waals surface area (Å²) >= 11 is 0. The fourth-order valence-electron chi connectivity index (χ4n) is 2.68. The molecule has 0 fully saturated rings. The lowest BCUT2D eigenvalue weighted by Crippen LogP contribution is -2.25. The monoisotopic (exact) mass is 287 g/mol. The van der Waals surface area contributed by atoms with Crippen LogP contribution in [0.5, 0.6) is 0 Å². The maximum atomic E-state index is 12.7. The highest BCUT2D eigenvalue weighted by molar-refractivity contribution is 6.05. The SMILES string of the molecule is O=C1C(c2ccccc2)C=Nc2c(-c3ccccc3)cnn21. The Labute approximate surface area is 127 Å². The minimum absolute atomic E-state index is 0.0709. The van der Waals surface area contributed by atoms with Gasteiger partial charge in [0.05, 0.1) is 6.20 Å². The van der Waals surface area contributed by atoms with Crippen LogP contribution in [0.25, 0.3) is 11.1 Å². The minimum Gasteiger partial charge on any atom is -0.271 e. The van der Waals surface area contributed by atoms with Crippen molar-refractivity contribution in [2.75, 3.05) is 0 Å². The zero-order valence-electron chi connectivity index (χ0n) is 11.8. The van der Waals surface area contributed by atoms with Crippen LogP contribution < -0.4 is 0 Å². The van der Waals surface area contributed by atoms with Crippen molar-refractivity contribution in [1.82, 2.24) is 9.78 Å². The molecule has 0 spiro atoms. The Hall–Kier alpha value is -3.01. The number of hydrogen-bond donors (Lipinski definition) is 0. The van der Waals surface area contributed by atoms with Crippen LogP contribution in [0, 0.1) is 0 Å². The highest BCUT2D eigenvalue weighted by Crippen LogP contribution is 2.34. The van der Waals surface area contributed by atoms with Crippen LogP contribution in [0.1, 0.15) is 16.3 Å². The Bertz CT molecular complexity index is 851. The largest absolute Gasteiger partial charge is 0.271 e. The van der Waals surface area contributed by atoms with Gasteiger partial charge in [0.1, 0.15) is 5.92 Å². The molecule has 1 aromatic heterocycles. The Morgan fingerprint density at radius 3 is 2.32 bits per heavy atom. The molecule has 1 aliphatic rings. The summed E-state index contributed by atoms with van der Waals surface area (Å²) in [4.78, 5) is 17.2. The van der Waals surface area contributed by atoms with E-state index in [0.717, 1.165) is 16.7 Å². The van der Waals surface area contributed by atoms with Crippen molar-refractivity contribution in [2.24, 2.45) is 4.99 Å². The second kappa shape index (κ2) is 5.07. The van der Waals surface area contributed by atoms with Gasteiger partial charge in [-0.3, -0.25) is 4.79 Å². The molecule has 1 atom stereocenters. The normalized spacial score (nSPS) is 16.5. The number of rotatable bonds is 2. The van der Waals surface area contributed by atoms with Crippen LogP contribution in [0.15, 0.2) is 71.9 Å². The topological polar surface area (TPSA) is 47.2 Å². The van der Waals surface area contributed by atoms with Crippen LogP contribution in [-0.2, 0) is 0 Å². The average molecular weight is 287 g/mol. The summed E-state index contributed by atoms with van der Waals surface area (Å²) in [7, 11) is 0. The molecule has 106 valence electrons. The summed E-state index contributed by atoms with van der Waals surface area (Å²) in [5.74, 6) is 0.152. The molecule has 0 N–H and O–H groups in total. The second-order valence-electron chi connectivity index (χ2n) is 5.16. The van der Waals surface area contributed by atoms with Gasteiger partial charge in [0.15, 0.2) is 5.82 Å². The zero-order chi connectivity index (χ0) is 14.9. The first-order chi connectivity index (χ1) is 10.8. The van der Waals surface area contributed by atoms with Crippen molar-refractivity contribution in [1.29, 1.82) is 0 Å². The Morgan fingerprint density at radius 1 is 0.909 bits per heavy atom. The van der Waals surface area contributed by atoms with Gasteiger partial charge in [-0.05, 0) is 11.1 Å². The highest BCUT2D eigenvalue weighted by atomic mass is 16.2. The molecule has 4 nitrogen and oxygen atoms in total. The van der Waals surface area contributed by atoms with E-state index in [1.165, 1.54) is 4.68 Å². The standard InChI is InChI=1S/C18H13N3O/c22-18-16(14-9-5-2-6-10-14)11-19-17-15(12-20-21(17)18)13-7-3-1-4-8-13/h1-12,16H. The number of hydrogen-bond acceptors (Lipinski definition) is 3. The summed E-state index contributed by atoms with van der Waals surface area (Å²) < 4.78 is 1.40. The smallest absolute Gasteiger partial charge is 0.261 e. The Morgan fingerprint density at radius 2 is 1.59 bits per heavy atom. The molecule has 0 amide bonds. The summed E-state index contributed by atoms with van der Waals surface area (Å²) in [6, 6.07) is 19.5. The van der Waals surface area contributed by atoms with Gasteiger partial charge in [-0.1, -0.05) is 60.7 Å². The predicted molar refractivity (Wildman–Crippen MR) is 85.6 cm³/mol. The minimum atomic E-state index is -0.378. The number of nitrogens with zero attached hydrogens (tertiary/aromatic N) is 3. The lowest BCUT2D eigenvalue weighted by molar-refractivity contribution is 0.0887.